The summed E-state index contributed by atoms with van der Waals surface area (Å²) in [7, 11) is -3.65. The Labute approximate surface area is 181 Å². The summed E-state index contributed by atoms with van der Waals surface area (Å²) in [6.07, 6.45) is 1.41. The molecule has 0 saturated heterocycles. The average molecular weight is 441 g/mol. The Kier molecular flexibility index (Phi) is 5.54. The second kappa shape index (κ2) is 8.13. The number of fused-ring (bicyclic) bond motifs is 1. The summed E-state index contributed by atoms with van der Waals surface area (Å²) in [4.78, 5) is 13.0. The summed E-state index contributed by atoms with van der Waals surface area (Å²) < 4.78 is 27.7. The second-order valence-electron chi connectivity index (χ2n) is 7.25. The first-order valence-electron chi connectivity index (χ1n) is 9.64. The second-order valence-corrected chi connectivity index (χ2v) is 9.55. The molecule has 154 valence electrons. The fraction of sp³-hybridized carbons (Fsp3) is 0.174. The van der Waals surface area contributed by atoms with Crippen LogP contribution in [0.15, 0.2) is 71.6 Å². The molecule has 0 bridgehead atoms. The van der Waals surface area contributed by atoms with E-state index in [0.29, 0.717) is 34.9 Å². The number of halogens is 1. The van der Waals surface area contributed by atoms with Crippen LogP contribution in [-0.2, 0) is 16.4 Å². The molecule has 1 aliphatic rings. The molecule has 3 aromatic carbocycles. The van der Waals surface area contributed by atoms with Crippen molar-refractivity contribution in [2.45, 2.75) is 24.7 Å². The standard InChI is InChI=1S/C23H21ClN2O3S/c1-16-14-19(24)10-11-21(16)25-23(27)18-9-12-22-17(15-18)6-5-13-26(22)30(28,29)20-7-3-2-4-8-20/h2-4,7-12,14-15H,5-6,13H2,1H3,(H,25,27). The van der Waals surface area contributed by atoms with Crippen LogP contribution in [0.2, 0.25) is 5.02 Å². The van der Waals surface area contributed by atoms with E-state index in [0.717, 1.165) is 17.5 Å². The van der Waals surface area contributed by atoms with Crippen LogP contribution in [0.1, 0.15) is 27.9 Å². The van der Waals surface area contributed by atoms with Crippen molar-refractivity contribution in [3.63, 3.8) is 0 Å². The van der Waals surface area contributed by atoms with Crippen LogP contribution in [0.4, 0.5) is 11.4 Å². The van der Waals surface area contributed by atoms with E-state index in [1.165, 1.54) is 4.31 Å². The Morgan fingerprint density at radius 1 is 1.03 bits per heavy atom. The van der Waals surface area contributed by atoms with Crippen LogP contribution in [0.5, 0.6) is 0 Å². The Morgan fingerprint density at radius 3 is 2.53 bits per heavy atom. The molecule has 30 heavy (non-hydrogen) atoms. The van der Waals surface area contributed by atoms with Crippen molar-refractivity contribution in [2.24, 2.45) is 0 Å². The number of carbonyl (C=O) groups excluding carboxylic acids is 1. The molecule has 0 unspecified atom stereocenters. The summed E-state index contributed by atoms with van der Waals surface area (Å²) in [5, 5.41) is 3.51. The van der Waals surface area contributed by atoms with E-state index in [-0.39, 0.29) is 10.8 Å². The maximum Gasteiger partial charge on any atom is 0.264 e. The number of aryl methyl sites for hydroxylation is 2. The molecule has 0 aliphatic carbocycles. The van der Waals surface area contributed by atoms with Gasteiger partial charge >= 0.3 is 0 Å². The molecule has 4 rings (SSSR count). The first-order valence-corrected chi connectivity index (χ1v) is 11.5. The van der Waals surface area contributed by atoms with Crippen LogP contribution in [0, 0.1) is 6.92 Å². The van der Waals surface area contributed by atoms with E-state index in [1.54, 1.807) is 66.7 Å². The highest BCUT2D eigenvalue weighted by Gasteiger charge is 2.29. The largest absolute Gasteiger partial charge is 0.322 e. The van der Waals surface area contributed by atoms with Crippen molar-refractivity contribution in [3.05, 3.63) is 88.4 Å². The highest BCUT2D eigenvalue weighted by atomic mass is 35.5. The number of benzene rings is 3. The molecule has 1 amide bonds. The molecular formula is C23H21ClN2O3S. The van der Waals surface area contributed by atoms with Crippen molar-refractivity contribution >= 4 is 38.9 Å². The number of carbonyl (C=O) groups is 1. The maximum absolute atomic E-state index is 13.1. The van der Waals surface area contributed by atoms with Gasteiger partial charge in [-0.1, -0.05) is 29.8 Å². The van der Waals surface area contributed by atoms with Crippen molar-refractivity contribution in [3.8, 4) is 0 Å². The number of nitrogens with one attached hydrogen (secondary N) is 1. The molecule has 3 aromatic rings. The van der Waals surface area contributed by atoms with E-state index >= 15 is 0 Å². The van der Waals surface area contributed by atoms with Crippen molar-refractivity contribution in [1.29, 1.82) is 0 Å². The van der Waals surface area contributed by atoms with Gasteiger partial charge in [0.15, 0.2) is 0 Å². The number of anilines is 2. The van der Waals surface area contributed by atoms with Crippen molar-refractivity contribution < 1.29 is 13.2 Å². The number of amides is 1. The average Bonchev–Trinajstić information content (AvgIpc) is 2.75. The smallest absolute Gasteiger partial charge is 0.264 e. The quantitative estimate of drug-likeness (QED) is 0.617. The molecular weight excluding hydrogens is 420 g/mol. The van der Waals surface area contributed by atoms with Gasteiger partial charge in [-0.05, 0) is 79.4 Å². The van der Waals surface area contributed by atoms with Gasteiger partial charge in [-0.2, -0.15) is 0 Å². The van der Waals surface area contributed by atoms with Crippen LogP contribution in [0.3, 0.4) is 0 Å². The van der Waals surface area contributed by atoms with Crippen LogP contribution >= 0.6 is 11.6 Å². The van der Waals surface area contributed by atoms with Crippen LogP contribution < -0.4 is 9.62 Å². The molecule has 1 N–H and O–H groups in total. The highest BCUT2D eigenvalue weighted by Crippen LogP contribution is 2.33. The van der Waals surface area contributed by atoms with Gasteiger partial charge in [0.1, 0.15) is 0 Å². The predicted octanol–water partition coefficient (Wildman–Crippen LogP) is 5.04. The molecule has 0 atom stereocenters. The third-order valence-corrected chi connectivity index (χ3v) is 7.25. The first-order chi connectivity index (χ1) is 14.4. The molecule has 0 aromatic heterocycles. The molecule has 0 spiro atoms. The minimum absolute atomic E-state index is 0.244. The number of nitrogens with zero attached hydrogens (tertiary/aromatic N) is 1. The SMILES string of the molecule is Cc1cc(Cl)ccc1NC(=O)c1ccc2c(c1)CCCN2S(=O)(=O)c1ccccc1. The van der Waals surface area contributed by atoms with E-state index in [2.05, 4.69) is 5.32 Å². The molecule has 1 heterocycles. The maximum atomic E-state index is 13.1. The Balaban J connectivity index is 1.63. The fourth-order valence-electron chi connectivity index (χ4n) is 3.64. The van der Waals surface area contributed by atoms with Gasteiger partial charge in [-0.25, -0.2) is 8.42 Å². The van der Waals surface area contributed by atoms with E-state index in [9.17, 15) is 13.2 Å². The summed E-state index contributed by atoms with van der Waals surface area (Å²) in [6, 6.07) is 18.9. The van der Waals surface area contributed by atoms with E-state index in [4.69, 9.17) is 11.6 Å². The normalized spacial score (nSPS) is 13.6. The topological polar surface area (TPSA) is 66.5 Å². The lowest BCUT2D eigenvalue weighted by Crippen LogP contribution is -2.35. The zero-order chi connectivity index (χ0) is 21.3. The summed E-state index contributed by atoms with van der Waals surface area (Å²) in [5.74, 6) is -0.244. The van der Waals surface area contributed by atoms with Gasteiger partial charge in [0, 0.05) is 22.8 Å². The van der Waals surface area contributed by atoms with Gasteiger partial charge in [0.05, 0.1) is 10.6 Å². The molecule has 7 heteroatoms. The van der Waals surface area contributed by atoms with Gasteiger partial charge < -0.3 is 5.32 Å². The minimum atomic E-state index is -3.65. The molecule has 0 fully saturated rings. The number of hydrogen-bond acceptors (Lipinski definition) is 3. The lowest BCUT2D eigenvalue weighted by atomic mass is 10.0. The van der Waals surface area contributed by atoms with Crippen molar-refractivity contribution in [1.82, 2.24) is 0 Å². The zero-order valence-corrected chi connectivity index (χ0v) is 18.0. The molecule has 0 radical (unpaired) electrons. The Hall–Kier alpha value is -2.83. The molecule has 5 nitrogen and oxygen atoms in total. The number of rotatable bonds is 4. The summed E-state index contributed by atoms with van der Waals surface area (Å²) in [5.41, 5.74) is 3.52. The van der Waals surface area contributed by atoms with Gasteiger partial charge in [0.2, 0.25) is 0 Å². The van der Waals surface area contributed by atoms with E-state index < -0.39 is 10.0 Å². The zero-order valence-electron chi connectivity index (χ0n) is 16.4. The molecule has 0 saturated carbocycles. The number of sulfonamides is 1. The molecule has 1 aliphatic heterocycles. The first kappa shape index (κ1) is 20.4. The van der Waals surface area contributed by atoms with E-state index in [1.807, 2.05) is 6.92 Å². The van der Waals surface area contributed by atoms with Crippen LogP contribution in [0.25, 0.3) is 0 Å². The predicted molar refractivity (Wildman–Crippen MR) is 120 cm³/mol. The number of hydrogen-bond donors (Lipinski definition) is 1. The minimum Gasteiger partial charge on any atom is -0.322 e. The lowest BCUT2D eigenvalue weighted by molar-refractivity contribution is 0.102. The Bertz CT molecular complexity index is 1210. The third-order valence-electron chi connectivity index (χ3n) is 5.19. The van der Waals surface area contributed by atoms with Gasteiger partial charge in [-0.15, -0.1) is 0 Å². The lowest BCUT2D eigenvalue weighted by Gasteiger charge is -2.30. The fourth-order valence-corrected chi connectivity index (χ4v) is 5.42. The summed E-state index contributed by atoms with van der Waals surface area (Å²) >= 11 is 5.98. The van der Waals surface area contributed by atoms with Gasteiger partial charge in [0.25, 0.3) is 15.9 Å². The highest BCUT2D eigenvalue weighted by molar-refractivity contribution is 7.92. The van der Waals surface area contributed by atoms with Crippen molar-refractivity contribution in [2.75, 3.05) is 16.2 Å². The Morgan fingerprint density at radius 2 is 1.80 bits per heavy atom. The van der Waals surface area contributed by atoms with Gasteiger partial charge in [-0.3, -0.25) is 9.10 Å². The van der Waals surface area contributed by atoms with Crippen LogP contribution in [-0.4, -0.2) is 20.9 Å². The summed E-state index contributed by atoms with van der Waals surface area (Å²) in [6.45, 7) is 2.29. The third kappa shape index (κ3) is 3.93. The monoisotopic (exact) mass is 440 g/mol.